The van der Waals surface area contributed by atoms with Crippen LogP contribution in [0.2, 0.25) is 0 Å². The SMILES string of the molecule is CCCCCCCCc1ccc(CN(Cc2ccc(OCC(=O)O)cc2)C(=O)/C=C/c2ccccc2)cc1. The molecule has 1 amide bonds. The van der Waals surface area contributed by atoms with E-state index in [2.05, 4.69) is 31.2 Å². The molecule has 0 atom stereocenters. The van der Waals surface area contributed by atoms with Crippen LogP contribution in [-0.2, 0) is 29.1 Å². The maximum absolute atomic E-state index is 13.2. The lowest BCUT2D eigenvalue weighted by molar-refractivity contribution is -0.139. The third-order valence-corrected chi connectivity index (χ3v) is 6.40. The second-order valence-electron chi connectivity index (χ2n) is 9.60. The molecule has 0 fully saturated rings. The predicted molar refractivity (Wildman–Crippen MR) is 153 cm³/mol. The van der Waals surface area contributed by atoms with Gasteiger partial charge in [-0.05, 0) is 53.3 Å². The third kappa shape index (κ3) is 10.6. The lowest BCUT2D eigenvalue weighted by Gasteiger charge is -2.22. The molecule has 0 bridgehead atoms. The summed E-state index contributed by atoms with van der Waals surface area (Å²) >= 11 is 0. The average molecular weight is 514 g/mol. The summed E-state index contributed by atoms with van der Waals surface area (Å²) in [5.74, 6) is -0.607. The maximum atomic E-state index is 13.2. The fourth-order valence-corrected chi connectivity index (χ4v) is 4.25. The Balaban J connectivity index is 1.64. The summed E-state index contributed by atoms with van der Waals surface area (Å²) in [5.41, 5.74) is 4.33. The molecule has 0 radical (unpaired) electrons. The Morgan fingerprint density at radius 2 is 1.34 bits per heavy atom. The highest BCUT2D eigenvalue weighted by atomic mass is 16.5. The van der Waals surface area contributed by atoms with Gasteiger partial charge in [0.05, 0.1) is 0 Å². The van der Waals surface area contributed by atoms with Crippen LogP contribution in [-0.4, -0.2) is 28.5 Å². The molecule has 5 heteroatoms. The molecule has 0 saturated carbocycles. The number of carboxylic acid groups (broad SMARTS) is 1. The largest absolute Gasteiger partial charge is 0.482 e. The molecule has 3 aromatic rings. The van der Waals surface area contributed by atoms with E-state index in [9.17, 15) is 9.59 Å². The number of unbranched alkanes of at least 4 members (excludes halogenated alkanes) is 5. The Kier molecular flexibility index (Phi) is 12.1. The predicted octanol–water partition coefficient (Wildman–Crippen LogP) is 7.30. The van der Waals surface area contributed by atoms with E-state index in [4.69, 9.17) is 9.84 Å². The number of aryl methyl sites for hydroxylation is 1. The number of carbonyl (C=O) groups excluding carboxylic acids is 1. The van der Waals surface area contributed by atoms with Crippen molar-refractivity contribution in [1.82, 2.24) is 4.90 Å². The summed E-state index contributed by atoms with van der Waals surface area (Å²) in [4.78, 5) is 25.8. The van der Waals surface area contributed by atoms with Gasteiger partial charge >= 0.3 is 5.97 Å². The molecule has 200 valence electrons. The van der Waals surface area contributed by atoms with Crippen LogP contribution < -0.4 is 4.74 Å². The maximum Gasteiger partial charge on any atom is 0.341 e. The zero-order chi connectivity index (χ0) is 27.0. The molecule has 0 heterocycles. The van der Waals surface area contributed by atoms with Gasteiger partial charge in [0.2, 0.25) is 5.91 Å². The first-order valence-electron chi connectivity index (χ1n) is 13.6. The van der Waals surface area contributed by atoms with Crippen molar-refractivity contribution in [2.45, 2.75) is 65.0 Å². The van der Waals surface area contributed by atoms with Crippen LogP contribution in [0.1, 0.15) is 67.7 Å². The topological polar surface area (TPSA) is 66.8 Å². The first-order chi connectivity index (χ1) is 18.5. The molecule has 3 rings (SSSR count). The fourth-order valence-electron chi connectivity index (χ4n) is 4.25. The van der Waals surface area contributed by atoms with E-state index >= 15 is 0 Å². The molecule has 0 unspecified atom stereocenters. The van der Waals surface area contributed by atoms with E-state index < -0.39 is 5.97 Å². The monoisotopic (exact) mass is 513 g/mol. The van der Waals surface area contributed by atoms with E-state index in [1.54, 1.807) is 18.2 Å². The second-order valence-corrected chi connectivity index (χ2v) is 9.60. The van der Waals surface area contributed by atoms with Crippen molar-refractivity contribution >= 4 is 18.0 Å². The summed E-state index contributed by atoms with van der Waals surface area (Å²) in [6.45, 7) is 2.78. The normalized spacial score (nSPS) is 11.0. The van der Waals surface area contributed by atoms with Gasteiger partial charge in [0, 0.05) is 19.2 Å². The number of ether oxygens (including phenoxy) is 1. The van der Waals surface area contributed by atoms with E-state index in [0.717, 1.165) is 23.1 Å². The van der Waals surface area contributed by atoms with Crippen molar-refractivity contribution < 1.29 is 19.4 Å². The van der Waals surface area contributed by atoms with Gasteiger partial charge in [-0.1, -0.05) is 106 Å². The molecule has 1 N–H and O–H groups in total. The molecule has 0 aliphatic carbocycles. The molecule has 0 aromatic heterocycles. The highest BCUT2D eigenvalue weighted by molar-refractivity contribution is 5.91. The zero-order valence-corrected chi connectivity index (χ0v) is 22.4. The Bertz CT molecular complexity index is 1140. The van der Waals surface area contributed by atoms with Gasteiger partial charge in [-0.2, -0.15) is 0 Å². The van der Waals surface area contributed by atoms with Gasteiger partial charge in [0.1, 0.15) is 5.75 Å². The van der Waals surface area contributed by atoms with E-state index in [1.165, 1.54) is 44.1 Å². The molecule has 0 saturated heterocycles. The number of hydrogen-bond acceptors (Lipinski definition) is 3. The number of aliphatic carboxylic acids is 1. The van der Waals surface area contributed by atoms with Gasteiger partial charge in [0.15, 0.2) is 6.61 Å². The van der Waals surface area contributed by atoms with Gasteiger partial charge in [-0.25, -0.2) is 4.79 Å². The number of carboxylic acids is 1. The molecule has 3 aromatic carbocycles. The van der Waals surface area contributed by atoms with Crippen molar-refractivity contribution in [2.24, 2.45) is 0 Å². The van der Waals surface area contributed by atoms with E-state index in [0.29, 0.717) is 18.8 Å². The highest BCUT2D eigenvalue weighted by Crippen LogP contribution is 2.17. The summed E-state index contributed by atoms with van der Waals surface area (Å²) in [6.07, 6.45) is 12.3. The lowest BCUT2D eigenvalue weighted by atomic mass is 10.0. The van der Waals surface area contributed by atoms with Crippen molar-refractivity contribution in [3.05, 3.63) is 107 Å². The van der Waals surface area contributed by atoms with E-state index in [1.807, 2.05) is 53.4 Å². The van der Waals surface area contributed by atoms with Crippen molar-refractivity contribution in [1.29, 1.82) is 0 Å². The summed E-state index contributed by atoms with van der Waals surface area (Å²) in [6, 6.07) is 25.6. The van der Waals surface area contributed by atoms with Crippen molar-refractivity contribution in [3.63, 3.8) is 0 Å². The Hall–Kier alpha value is -3.86. The van der Waals surface area contributed by atoms with Crippen molar-refractivity contribution in [3.8, 4) is 5.75 Å². The quantitative estimate of drug-likeness (QED) is 0.161. The minimum Gasteiger partial charge on any atom is -0.482 e. The Labute approximate surface area is 226 Å². The molecule has 0 aliphatic heterocycles. The van der Waals surface area contributed by atoms with Crippen LogP contribution in [0.5, 0.6) is 5.75 Å². The molecular formula is C33H39NO4. The van der Waals surface area contributed by atoms with Crippen LogP contribution in [0.4, 0.5) is 0 Å². The summed E-state index contributed by atoms with van der Waals surface area (Å²) in [5, 5.41) is 8.81. The number of rotatable bonds is 16. The highest BCUT2D eigenvalue weighted by Gasteiger charge is 2.13. The molecule has 38 heavy (non-hydrogen) atoms. The Morgan fingerprint density at radius 1 is 0.763 bits per heavy atom. The smallest absolute Gasteiger partial charge is 0.341 e. The molecule has 5 nitrogen and oxygen atoms in total. The van der Waals surface area contributed by atoms with Crippen molar-refractivity contribution in [2.75, 3.05) is 6.61 Å². The average Bonchev–Trinajstić information content (AvgIpc) is 2.94. The van der Waals surface area contributed by atoms with Gasteiger partial charge in [-0.3, -0.25) is 4.79 Å². The third-order valence-electron chi connectivity index (χ3n) is 6.40. The minimum absolute atomic E-state index is 0.0730. The van der Waals surface area contributed by atoms with Crippen LogP contribution in [0, 0.1) is 0 Å². The summed E-state index contributed by atoms with van der Waals surface area (Å²) < 4.78 is 5.23. The van der Waals surface area contributed by atoms with Crippen LogP contribution in [0.3, 0.4) is 0 Å². The number of benzene rings is 3. The first-order valence-corrected chi connectivity index (χ1v) is 13.6. The standard InChI is InChI=1S/C33H39NO4/c1-2-3-4-5-6-8-13-28-14-16-29(17-15-28)24-34(32(35)23-20-27-11-9-7-10-12-27)25-30-18-21-31(22-19-30)38-26-33(36)37/h7,9-12,14-23H,2-6,8,13,24-26H2,1H3,(H,36,37)/b23-20+. The Morgan fingerprint density at radius 3 is 1.97 bits per heavy atom. The van der Waals surface area contributed by atoms with Crippen LogP contribution in [0.25, 0.3) is 6.08 Å². The minimum atomic E-state index is -1.02. The van der Waals surface area contributed by atoms with E-state index in [-0.39, 0.29) is 12.5 Å². The number of nitrogens with zero attached hydrogens (tertiary/aromatic N) is 1. The van der Waals surface area contributed by atoms with Gasteiger partial charge in [0.25, 0.3) is 0 Å². The van der Waals surface area contributed by atoms with Crippen LogP contribution in [0.15, 0.2) is 84.9 Å². The van der Waals surface area contributed by atoms with Gasteiger partial charge < -0.3 is 14.7 Å². The number of carbonyl (C=O) groups is 2. The summed E-state index contributed by atoms with van der Waals surface area (Å²) in [7, 11) is 0. The van der Waals surface area contributed by atoms with Gasteiger partial charge in [-0.15, -0.1) is 0 Å². The molecule has 0 spiro atoms. The zero-order valence-electron chi connectivity index (χ0n) is 22.4. The second kappa shape index (κ2) is 16.1. The fraction of sp³-hybridized carbons (Fsp3) is 0.333. The molecular weight excluding hydrogens is 474 g/mol. The molecule has 0 aliphatic rings. The first kappa shape index (κ1) is 28.7. The number of amides is 1. The number of hydrogen-bond donors (Lipinski definition) is 1. The van der Waals surface area contributed by atoms with Crippen LogP contribution >= 0.6 is 0 Å². The lowest BCUT2D eigenvalue weighted by Crippen LogP contribution is -2.28.